The van der Waals surface area contributed by atoms with Gasteiger partial charge in [0.15, 0.2) is 0 Å². The van der Waals surface area contributed by atoms with Crippen LogP contribution in [0.25, 0.3) is 21.9 Å². The number of pyridine rings is 1. The van der Waals surface area contributed by atoms with Gasteiger partial charge in [0, 0.05) is 19.8 Å². The minimum atomic E-state index is 0.558. The molecule has 0 amide bonds. The Morgan fingerprint density at radius 1 is 1.28 bits per heavy atom. The molecule has 25 heavy (non-hydrogen) atoms. The Hall–Kier alpha value is -2.50. The van der Waals surface area contributed by atoms with Gasteiger partial charge in [0.25, 0.3) is 0 Å². The topological polar surface area (TPSA) is 63.8 Å². The molecule has 5 heteroatoms. The molecule has 0 atom stereocenters. The third-order valence-electron chi connectivity index (χ3n) is 4.01. The lowest BCUT2D eigenvalue weighted by Crippen LogP contribution is -1.94. The van der Waals surface area contributed by atoms with Crippen molar-refractivity contribution in [1.82, 2.24) is 9.97 Å². The number of aromatic nitrogens is 2. The first-order valence-corrected chi connectivity index (χ1v) is 9.16. The number of fused-ring (bicyclic) bond motifs is 1. The zero-order valence-electron chi connectivity index (χ0n) is 14.5. The van der Waals surface area contributed by atoms with Crippen LogP contribution in [0, 0.1) is 0 Å². The lowest BCUT2D eigenvalue weighted by Gasteiger charge is -2.05. The van der Waals surface area contributed by atoms with E-state index in [2.05, 4.69) is 52.6 Å². The number of nitrogens with two attached hydrogens (primary N) is 1. The first-order valence-electron chi connectivity index (χ1n) is 8.34. The molecule has 2 aromatic heterocycles. The number of benzene rings is 1. The number of rotatable bonds is 6. The standard InChI is InChI=1S/C20H22N4S/c1-3-15(16-8-10-19(22-2)23-13-16)5-4-6-20-24-17-9-7-14(12-21)11-18(17)25-20/h4-11,13H,3,12,21H2,1-2H3,(H,22,23)/b6-4+,15-5+. The molecule has 0 saturated heterocycles. The number of nitrogens with zero attached hydrogens (tertiary/aromatic N) is 2. The molecule has 1 aromatic carbocycles. The Kier molecular flexibility index (Phi) is 5.58. The molecule has 3 rings (SSSR count). The molecule has 0 radical (unpaired) electrons. The fourth-order valence-corrected chi connectivity index (χ4v) is 3.53. The molecule has 3 aromatic rings. The molecule has 0 aliphatic carbocycles. The Morgan fingerprint density at radius 3 is 2.84 bits per heavy atom. The maximum Gasteiger partial charge on any atom is 0.125 e. The van der Waals surface area contributed by atoms with E-state index in [-0.39, 0.29) is 0 Å². The second-order valence-electron chi connectivity index (χ2n) is 5.64. The van der Waals surface area contributed by atoms with E-state index in [1.807, 2.05) is 31.4 Å². The molecule has 0 saturated carbocycles. The molecule has 0 unspecified atom stereocenters. The van der Waals surface area contributed by atoms with Crippen molar-refractivity contribution in [3.8, 4) is 0 Å². The number of allylic oxidation sites excluding steroid dienone is 3. The predicted molar refractivity (Wildman–Crippen MR) is 109 cm³/mol. The lowest BCUT2D eigenvalue weighted by atomic mass is 10.1. The molecule has 0 fully saturated rings. The highest BCUT2D eigenvalue weighted by atomic mass is 32.1. The van der Waals surface area contributed by atoms with E-state index in [1.165, 1.54) is 10.3 Å². The van der Waals surface area contributed by atoms with Crippen LogP contribution in [0.2, 0.25) is 0 Å². The third kappa shape index (κ3) is 4.13. The zero-order valence-corrected chi connectivity index (χ0v) is 15.3. The highest BCUT2D eigenvalue weighted by molar-refractivity contribution is 7.19. The van der Waals surface area contributed by atoms with Crippen molar-refractivity contribution in [3.05, 3.63) is 64.8 Å². The Morgan fingerprint density at radius 2 is 2.16 bits per heavy atom. The van der Waals surface area contributed by atoms with Gasteiger partial charge >= 0.3 is 0 Å². The summed E-state index contributed by atoms with van der Waals surface area (Å²) in [5.74, 6) is 0.876. The van der Waals surface area contributed by atoms with E-state index >= 15 is 0 Å². The Balaban J connectivity index is 1.80. The molecular formula is C20H22N4S. The summed E-state index contributed by atoms with van der Waals surface area (Å²) in [6.45, 7) is 2.71. The van der Waals surface area contributed by atoms with Crippen LogP contribution in [-0.4, -0.2) is 17.0 Å². The van der Waals surface area contributed by atoms with Crippen molar-refractivity contribution in [1.29, 1.82) is 0 Å². The number of thiazole rings is 1. The highest BCUT2D eigenvalue weighted by Crippen LogP contribution is 2.25. The van der Waals surface area contributed by atoms with Crippen LogP contribution in [0.3, 0.4) is 0 Å². The third-order valence-corrected chi connectivity index (χ3v) is 5.00. The summed E-state index contributed by atoms with van der Waals surface area (Å²) in [7, 11) is 1.87. The van der Waals surface area contributed by atoms with Crippen molar-refractivity contribution in [2.24, 2.45) is 5.73 Å². The van der Waals surface area contributed by atoms with Gasteiger partial charge in [-0.2, -0.15) is 0 Å². The molecule has 0 aliphatic rings. The van der Waals surface area contributed by atoms with Crippen molar-refractivity contribution in [3.63, 3.8) is 0 Å². The van der Waals surface area contributed by atoms with Crippen molar-refractivity contribution >= 4 is 39.0 Å². The van der Waals surface area contributed by atoms with Crippen molar-refractivity contribution < 1.29 is 0 Å². The van der Waals surface area contributed by atoms with E-state index < -0.39 is 0 Å². The summed E-state index contributed by atoms with van der Waals surface area (Å²) in [5, 5.41) is 4.04. The van der Waals surface area contributed by atoms with Crippen LogP contribution in [0.15, 0.2) is 48.7 Å². The lowest BCUT2D eigenvalue weighted by molar-refractivity contribution is 1.08. The van der Waals surface area contributed by atoms with Gasteiger partial charge in [0.1, 0.15) is 10.8 Å². The fraction of sp³-hybridized carbons (Fsp3) is 0.200. The summed E-state index contributed by atoms with van der Waals surface area (Å²) in [5.41, 5.74) is 10.3. The Bertz CT molecular complexity index is 907. The zero-order chi connectivity index (χ0) is 17.6. The first-order chi connectivity index (χ1) is 12.2. The molecular weight excluding hydrogens is 328 g/mol. The molecule has 3 N–H and O–H groups in total. The minimum Gasteiger partial charge on any atom is -0.373 e. The molecule has 0 bridgehead atoms. The Labute approximate surface area is 152 Å². The molecule has 128 valence electrons. The van der Waals surface area contributed by atoms with Crippen LogP contribution in [-0.2, 0) is 6.54 Å². The number of anilines is 1. The number of nitrogens with one attached hydrogen (secondary N) is 1. The quantitative estimate of drug-likeness (QED) is 0.633. The predicted octanol–water partition coefficient (Wildman–Crippen LogP) is 4.70. The van der Waals surface area contributed by atoms with Gasteiger partial charge < -0.3 is 11.1 Å². The van der Waals surface area contributed by atoms with Crippen LogP contribution in [0.5, 0.6) is 0 Å². The molecule has 0 spiro atoms. The van der Waals surface area contributed by atoms with Crippen LogP contribution in [0.1, 0.15) is 29.5 Å². The monoisotopic (exact) mass is 350 g/mol. The van der Waals surface area contributed by atoms with Crippen molar-refractivity contribution in [2.45, 2.75) is 19.9 Å². The van der Waals surface area contributed by atoms with Gasteiger partial charge in [0.05, 0.1) is 10.2 Å². The maximum atomic E-state index is 5.70. The SMILES string of the molecule is CC/C(=C\C=C\c1nc2ccc(CN)cc2s1)c1ccc(NC)nc1. The van der Waals surface area contributed by atoms with Crippen LogP contribution in [0.4, 0.5) is 5.82 Å². The molecule has 4 nitrogen and oxygen atoms in total. The van der Waals surface area contributed by atoms with Gasteiger partial charge in [-0.3, -0.25) is 0 Å². The summed E-state index contributed by atoms with van der Waals surface area (Å²) in [6, 6.07) is 10.3. The van der Waals surface area contributed by atoms with Gasteiger partial charge in [0.2, 0.25) is 0 Å². The van der Waals surface area contributed by atoms with E-state index in [0.717, 1.165) is 33.9 Å². The number of hydrogen-bond acceptors (Lipinski definition) is 5. The van der Waals surface area contributed by atoms with E-state index in [4.69, 9.17) is 5.73 Å². The van der Waals surface area contributed by atoms with Gasteiger partial charge in [-0.15, -0.1) is 11.3 Å². The average molecular weight is 350 g/mol. The first kappa shape index (κ1) is 17.3. The normalized spacial score (nSPS) is 12.2. The summed E-state index contributed by atoms with van der Waals surface area (Å²) in [4.78, 5) is 9.03. The second-order valence-corrected chi connectivity index (χ2v) is 6.71. The summed E-state index contributed by atoms with van der Waals surface area (Å²) >= 11 is 1.68. The summed E-state index contributed by atoms with van der Waals surface area (Å²) < 4.78 is 1.18. The summed E-state index contributed by atoms with van der Waals surface area (Å²) in [6.07, 6.45) is 9.10. The van der Waals surface area contributed by atoms with Crippen LogP contribution < -0.4 is 11.1 Å². The molecule has 2 heterocycles. The second kappa shape index (κ2) is 8.05. The maximum absolute atomic E-state index is 5.70. The minimum absolute atomic E-state index is 0.558. The molecule has 0 aliphatic heterocycles. The average Bonchev–Trinajstić information content (AvgIpc) is 3.07. The van der Waals surface area contributed by atoms with Gasteiger partial charge in [-0.25, -0.2) is 9.97 Å². The van der Waals surface area contributed by atoms with Gasteiger partial charge in [-0.05, 0) is 53.5 Å². The van der Waals surface area contributed by atoms with Crippen LogP contribution >= 0.6 is 11.3 Å². The fourth-order valence-electron chi connectivity index (χ4n) is 2.58. The van der Waals surface area contributed by atoms with Gasteiger partial charge in [-0.1, -0.05) is 25.1 Å². The smallest absolute Gasteiger partial charge is 0.125 e. The number of hydrogen-bond donors (Lipinski definition) is 2. The van der Waals surface area contributed by atoms with E-state index in [0.29, 0.717) is 6.54 Å². The van der Waals surface area contributed by atoms with E-state index in [9.17, 15) is 0 Å². The largest absolute Gasteiger partial charge is 0.373 e. The van der Waals surface area contributed by atoms with E-state index in [1.54, 1.807) is 11.3 Å². The van der Waals surface area contributed by atoms with Crippen molar-refractivity contribution in [2.75, 3.05) is 12.4 Å². The highest BCUT2D eigenvalue weighted by Gasteiger charge is 2.02.